The summed E-state index contributed by atoms with van der Waals surface area (Å²) in [5.74, 6) is -0.305. The number of fused-ring (bicyclic) bond motifs is 2. The summed E-state index contributed by atoms with van der Waals surface area (Å²) in [5, 5.41) is 14.5. The minimum atomic E-state index is -0.591. The van der Waals surface area contributed by atoms with E-state index in [-0.39, 0.29) is 30.0 Å². The number of piperidine rings is 1. The van der Waals surface area contributed by atoms with E-state index in [1.807, 2.05) is 19.3 Å². The van der Waals surface area contributed by atoms with Crippen molar-refractivity contribution in [2.75, 3.05) is 19.7 Å². The first-order chi connectivity index (χ1) is 12.5. The molecule has 3 aliphatic heterocycles. The predicted molar refractivity (Wildman–Crippen MR) is 93.9 cm³/mol. The summed E-state index contributed by atoms with van der Waals surface area (Å²) >= 11 is 0. The quantitative estimate of drug-likeness (QED) is 0.630. The number of nitrogens with one attached hydrogen (secondary N) is 1. The van der Waals surface area contributed by atoms with Gasteiger partial charge in [0.25, 0.3) is 0 Å². The molecule has 5 atom stereocenters. The number of hydrogen-bond acceptors (Lipinski definition) is 6. The number of likely N-dealkylation sites (tertiary alicyclic amines) is 1. The van der Waals surface area contributed by atoms with Crippen LogP contribution in [0.25, 0.3) is 0 Å². The van der Waals surface area contributed by atoms with Crippen molar-refractivity contribution in [2.24, 2.45) is 18.7 Å². The van der Waals surface area contributed by atoms with Crippen LogP contribution < -0.4 is 11.1 Å². The standard InChI is InChI=1S/C18H28N4O4/c1-21-6-2-3-12(21)9-20-14-13-10-25-18(26-13)15(16(14)23)22-7-4-11(5-8-22)17(19)24/h2-3,6,11,13-16,18,20,23H,4-5,7-10H2,1H3,(H2,19,24). The third-order valence-electron chi connectivity index (χ3n) is 6.05. The first-order valence-electron chi connectivity index (χ1n) is 9.36. The Morgan fingerprint density at radius 1 is 1.42 bits per heavy atom. The third kappa shape index (κ3) is 3.27. The third-order valence-corrected chi connectivity index (χ3v) is 6.05. The fourth-order valence-electron chi connectivity index (χ4n) is 4.43. The predicted octanol–water partition coefficient (Wildman–Crippen LogP) is -0.835. The molecule has 5 unspecified atom stereocenters. The molecule has 0 saturated carbocycles. The van der Waals surface area contributed by atoms with Crippen molar-refractivity contribution in [1.82, 2.24) is 14.8 Å². The number of aryl methyl sites for hydroxylation is 1. The number of ether oxygens (including phenoxy) is 2. The Hall–Kier alpha value is -1.45. The molecule has 3 saturated heterocycles. The summed E-state index contributed by atoms with van der Waals surface area (Å²) < 4.78 is 13.9. The average molecular weight is 364 g/mol. The molecule has 0 radical (unpaired) electrons. The van der Waals surface area contributed by atoms with Crippen LogP contribution in [-0.4, -0.2) is 70.8 Å². The van der Waals surface area contributed by atoms with Crippen LogP contribution >= 0.6 is 0 Å². The van der Waals surface area contributed by atoms with Gasteiger partial charge in [-0.05, 0) is 38.1 Å². The zero-order chi connectivity index (χ0) is 18.3. The number of nitrogens with two attached hydrogens (primary N) is 1. The number of aliphatic hydroxyl groups is 1. The molecule has 144 valence electrons. The summed E-state index contributed by atoms with van der Waals surface area (Å²) in [6, 6.07) is 3.64. The Bertz CT molecular complexity index is 643. The highest BCUT2D eigenvalue weighted by atomic mass is 16.7. The average Bonchev–Trinajstić information content (AvgIpc) is 3.23. The topological polar surface area (TPSA) is 102 Å². The van der Waals surface area contributed by atoms with Crippen LogP contribution in [0.4, 0.5) is 0 Å². The minimum absolute atomic E-state index is 0.0728. The molecule has 0 aliphatic carbocycles. The first kappa shape index (κ1) is 17.9. The molecule has 4 heterocycles. The molecule has 1 aromatic rings. The lowest BCUT2D eigenvalue weighted by Gasteiger charge is -2.46. The molecule has 2 bridgehead atoms. The summed E-state index contributed by atoms with van der Waals surface area (Å²) in [4.78, 5) is 13.6. The van der Waals surface area contributed by atoms with Crippen LogP contribution in [0.1, 0.15) is 18.5 Å². The van der Waals surface area contributed by atoms with Crippen molar-refractivity contribution < 1.29 is 19.4 Å². The van der Waals surface area contributed by atoms with Crippen LogP contribution in [0.3, 0.4) is 0 Å². The second kappa shape index (κ2) is 7.28. The number of amides is 1. The number of aliphatic hydroxyl groups excluding tert-OH is 1. The highest BCUT2D eigenvalue weighted by Crippen LogP contribution is 2.33. The molecule has 3 aliphatic rings. The monoisotopic (exact) mass is 364 g/mol. The smallest absolute Gasteiger partial charge is 0.220 e. The molecule has 8 nitrogen and oxygen atoms in total. The molecule has 8 heteroatoms. The van der Waals surface area contributed by atoms with Gasteiger partial charge in [-0.2, -0.15) is 0 Å². The van der Waals surface area contributed by atoms with Gasteiger partial charge in [0.05, 0.1) is 24.8 Å². The lowest BCUT2D eigenvalue weighted by atomic mass is 9.90. The minimum Gasteiger partial charge on any atom is -0.390 e. The molecule has 4 rings (SSSR count). The number of hydrogen-bond donors (Lipinski definition) is 3. The molecule has 0 spiro atoms. The highest BCUT2D eigenvalue weighted by Gasteiger charge is 2.52. The lowest BCUT2D eigenvalue weighted by molar-refractivity contribution is -0.186. The summed E-state index contributed by atoms with van der Waals surface area (Å²) in [6.45, 7) is 2.58. The maximum absolute atomic E-state index is 11.4. The second-order valence-corrected chi connectivity index (χ2v) is 7.59. The van der Waals surface area contributed by atoms with Crippen molar-refractivity contribution in [3.05, 3.63) is 24.0 Å². The van der Waals surface area contributed by atoms with E-state index >= 15 is 0 Å². The van der Waals surface area contributed by atoms with Gasteiger partial charge in [-0.3, -0.25) is 9.69 Å². The Kier molecular flexibility index (Phi) is 5.02. The number of aromatic nitrogens is 1. The van der Waals surface area contributed by atoms with Gasteiger partial charge in [0.1, 0.15) is 6.10 Å². The van der Waals surface area contributed by atoms with Crippen LogP contribution in [0, 0.1) is 5.92 Å². The summed E-state index contributed by atoms with van der Waals surface area (Å²) in [5.41, 5.74) is 6.58. The normalized spacial score (nSPS) is 35.7. The molecule has 1 amide bonds. The van der Waals surface area contributed by atoms with E-state index in [1.165, 1.54) is 0 Å². The largest absolute Gasteiger partial charge is 0.390 e. The van der Waals surface area contributed by atoms with Crippen LogP contribution in [0.5, 0.6) is 0 Å². The van der Waals surface area contributed by atoms with Crippen molar-refractivity contribution in [2.45, 2.75) is 50.0 Å². The number of primary amides is 1. The summed E-state index contributed by atoms with van der Waals surface area (Å²) in [6.07, 6.45) is 2.30. The van der Waals surface area contributed by atoms with Gasteiger partial charge in [0.2, 0.25) is 5.91 Å². The highest BCUT2D eigenvalue weighted by molar-refractivity contribution is 5.76. The Morgan fingerprint density at radius 3 is 2.85 bits per heavy atom. The second-order valence-electron chi connectivity index (χ2n) is 7.59. The molecular weight excluding hydrogens is 336 g/mol. The van der Waals surface area contributed by atoms with Gasteiger partial charge in [-0.1, -0.05) is 0 Å². The first-order valence-corrected chi connectivity index (χ1v) is 9.36. The van der Waals surface area contributed by atoms with Crippen molar-refractivity contribution >= 4 is 5.91 Å². The van der Waals surface area contributed by atoms with Gasteiger partial charge in [0.15, 0.2) is 6.29 Å². The fraction of sp³-hybridized carbons (Fsp3) is 0.722. The van der Waals surface area contributed by atoms with E-state index < -0.39 is 12.4 Å². The van der Waals surface area contributed by atoms with Gasteiger partial charge in [-0.25, -0.2) is 0 Å². The van der Waals surface area contributed by atoms with Crippen molar-refractivity contribution in [3.8, 4) is 0 Å². The van der Waals surface area contributed by atoms with Crippen LogP contribution in [0.2, 0.25) is 0 Å². The van der Waals surface area contributed by atoms with Gasteiger partial charge in [-0.15, -0.1) is 0 Å². The van der Waals surface area contributed by atoms with E-state index in [0.717, 1.165) is 18.5 Å². The summed E-state index contributed by atoms with van der Waals surface area (Å²) in [7, 11) is 2.01. The number of carbonyl (C=O) groups excluding carboxylic acids is 1. The molecule has 26 heavy (non-hydrogen) atoms. The Labute approximate surface area is 153 Å². The molecule has 4 N–H and O–H groups in total. The van der Waals surface area contributed by atoms with E-state index in [9.17, 15) is 9.90 Å². The van der Waals surface area contributed by atoms with Gasteiger partial charge < -0.3 is 30.2 Å². The van der Waals surface area contributed by atoms with Crippen molar-refractivity contribution in [1.29, 1.82) is 0 Å². The van der Waals surface area contributed by atoms with Crippen LogP contribution in [0.15, 0.2) is 18.3 Å². The van der Waals surface area contributed by atoms with E-state index in [1.54, 1.807) is 0 Å². The lowest BCUT2D eigenvalue weighted by Crippen LogP contribution is -2.65. The molecule has 0 aromatic carbocycles. The molecular formula is C18H28N4O4. The molecule has 3 fully saturated rings. The van der Waals surface area contributed by atoms with E-state index in [4.69, 9.17) is 15.2 Å². The van der Waals surface area contributed by atoms with Gasteiger partial charge >= 0.3 is 0 Å². The number of nitrogens with zero attached hydrogens (tertiary/aromatic N) is 2. The van der Waals surface area contributed by atoms with E-state index in [2.05, 4.69) is 20.9 Å². The molecule has 1 aromatic heterocycles. The maximum Gasteiger partial charge on any atom is 0.220 e. The van der Waals surface area contributed by atoms with Crippen LogP contribution in [-0.2, 0) is 27.9 Å². The Morgan fingerprint density at radius 2 is 2.19 bits per heavy atom. The number of carbonyl (C=O) groups is 1. The zero-order valence-corrected chi connectivity index (χ0v) is 15.1. The van der Waals surface area contributed by atoms with Gasteiger partial charge in [0, 0.05) is 31.4 Å². The maximum atomic E-state index is 11.4. The van der Waals surface area contributed by atoms with E-state index in [0.29, 0.717) is 26.2 Å². The zero-order valence-electron chi connectivity index (χ0n) is 15.1. The SMILES string of the molecule is Cn1cccc1CNC1C2COC(O2)C(N2CCC(C(N)=O)CC2)C1O. The fourth-order valence-corrected chi connectivity index (χ4v) is 4.43. The van der Waals surface area contributed by atoms with Crippen molar-refractivity contribution in [3.63, 3.8) is 0 Å². The Balaban J connectivity index is 1.43. The number of rotatable bonds is 5.